The third-order valence-corrected chi connectivity index (χ3v) is 7.57. The van der Waals surface area contributed by atoms with E-state index in [1.165, 1.54) is 16.1 Å². The van der Waals surface area contributed by atoms with Crippen molar-refractivity contribution >= 4 is 20.9 Å². The molecule has 6 heteroatoms. The van der Waals surface area contributed by atoms with Crippen LogP contribution in [0.5, 0.6) is 0 Å². The first-order chi connectivity index (χ1) is 15.4. The van der Waals surface area contributed by atoms with Gasteiger partial charge in [-0.25, -0.2) is 16.8 Å². The Morgan fingerprint density at radius 2 is 1.69 bits per heavy atom. The van der Waals surface area contributed by atoms with Crippen molar-refractivity contribution in [1.29, 1.82) is 0 Å². The fourth-order valence-electron chi connectivity index (χ4n) is 4.25. The number of ether oxygens (including phenoxy) is 1. The number of para-hydroxylation sites is 1. The molecule has 1 aliphatic heterocycles. The van der Waals surface area contributed by atoms with E-state index in [1.807, 2.05) is 43.3 Å². The smallest absolute Gasteiger partial charge is 0.268 e. The lowest BCUT2D eigenvalue weighted by Crippen LogP contribution is -2.17. The lowest BCUT2D eigenvalue weighted by Gasteiger charge is -2.28. The summed E-state index contributed by atoms with van der Waals surface area (Å²) < 4.78 is 47.9. The number of rotatable bonds is 4. The van der Waals surface area contributed by atoms with E-state index in [-0.39, 0.29) is 22.7 Å². The number of nitrogens with zero attached hydrogens (tertiary/aromatic N) is 1. The highest BCUT2D eigenvalue weighted by atomic mass is 32.2. The van der Waals surface area contributed by atoms with Crippen LogP contribution < -0.4 is 0 Å². The van der Waals surface area contributed by atoms with Gasteiger partial charge in [0, 0.05) is 17.5 Å². The predicted octanol–water partition coefficient (Wildman–Crippen LogP) is 5.74. The van der Waals surface area contributed by atoms with Crippen LogP contribution in [-0.4, -0.2) is 19.0 Å². The van der Waals surface area contributed by atoms with Crippen molar-refractivity contribution in [2.45, 2.75) is 23.8 Å². The second-order valence-corrected chi connectivity index (χ2v) is 9.79. The van der Waals surface area contributed by atoms with Crippen LogP contribution in [0.3, 0.4) is 0 Å². The van der Waals surface area contributed by atoms with Gasteiger partial charge in [0.25, 0.3) is 10.0 Å². The lowest BCUT2D eigenvalue weighted by molar-refractivity contribution is 0.0539. The monoisotopic (exact) mass is 447 g/mol. The van der Waals surface area contributed by atoms with Gasteiger partial charge in [0.15, 0.2) is 0 Å². The number of fused-ring (bicyclic) bond motifs is 1. The van der Waals surface area contributed by atoms with Crippen molar-refractivity contribution in [3.05, 3.63) is 114 Å². The van der Waals surface area contributed by atoms with Gasteiger partial charge in [-0.15, -0.1) is 0 Å². The Kier molecular flexibility index (Phi) is 5.19. The van der Waals surface area contributed by atoms with Crippen LogP contribution >= 0.6 is 0 Å². The Morgan fingerprint density at radius 3 is 2.44 bits per heavy atom. The third kappa shape index (κ3) is 3.55. The molecule has 4 nitrogen and oxygen atoms in total. The van der Waals surface area contributed by atoms with Gasteiger partial charge >= 0.3 is 0 Å². The zero-order valence-corrected chi connectivity index (χ0v) is 18.3. The minimum Gasteiger partial charge on any atom is -0.369 e. The van der Waals surface area contributed by atoms with E-state index >= 15 is 0 Å². The van der Waals surface area contributed by atoms with Gasteiger partial charge in [-0.2, -0.15) is 0 Å². The molecule has 2 atom stereocenters. The van der Waals surface area contributed by atoms with Crippen LogP contribution in [0.4, 0.5) is 4.39 Å². The first-order valence-corrected chi connectivity index (χ1v) is 11.8. The van der Waals surface area contributed by atoms with Crippen LogP contribution in [0.25, 0.3) is 10.9 Å². The first kappa shape index (κ1) is 20.7. The quantitative estimate of drug-likeness (QED) is 0.375. The second-order valence-electron chi connectivity index (χ2n) is 7.97. The SMILES string of the molecule is Cc1ccc(S(=O)(=O)n2cc([C@@H]3C=CCO[C@H]3c3ccc(F)cc3)c3ccccc32)cc1. The minimum atomic E-state index is -3.79. The van der Waals surface area contributed by atoms with Gasteiger partial charge in [-0.1, -0.05) is 60.2 Å². The van der Waals surface area contributed by atoms with Crippen molar-refractivity contribution in [3.63, 3.8) is 0 Å². The molecule has 0 saturated carbocycles. The normalized spacial score (nSPS) is 18.8. The van der Waals surface area contributed by atoms with Gasteiger partial charge in [-0.05, 0) is 48.4 Å². The second kappa shape index (κ2) is 8.04. The van der Waals surface area contributed by atoms with Crippen LogP contribution in [-0.2, 0) is 14.8 Å². The molecule has 1 aliphatic rings. The van der Waals surface area contributed by atoms with E-state index < -0.39 is 10.0 Å². The molecule has 0 spiro atoms. The molecule has 0 bridgehead atoms. The molecule has 32 heavy (non-hydrogen) atoms. The van der Waals surface area contributed by atoms with E-state index in [2.05, 4.69) is 0 Å². The molecule has 0 N–H and O–H groups in total. The number of benzene rings is 3. The van der Waals surface area contributed by atoms with E-state index in [0.29, 0.717) is 12.1 Å². The minimum absolute atomic E-state index is 0.214. The topological polar surface area (TPSA) is 48.3 Å². The summed E-state index contributed by atoms with van der Waals surface area (Å²) in [6.45, 7) is 2.36. The summed E-state index contributed by atoms with van der Waals surface area (Å²) in [4.78, 5) is 0.237. The number of aromatic nitrogens is 1. The molecule has 0 unspecified atom stereocenters. The standard InChI is InChI=1S/C26H22FNO3S/c1-18-8-14-21(15-9-18)32(29,30)28-17-24(22-5-2-3-7-25(22)28)23-6-4-16-31-26(23)19-10-12-20(27)13-11-19/h2-15,17,23,26H,16H2,1H3/t23-,26-/m0/s1. The summed E-state index contributed by atoms with van der Waals surface area (Å²) in [6, 6.07) is 20.6. The van der Waals surface area contributed by atoms with Crippen molar-refractivity contribution in [2.75, 3.05) is 6.61 Å². The number of aryl methyl sites for hydroxylation is 1. The highest BCUT2D eigenvalue weighted by molar-refractivity contribution is 7.90. The van der Waals surface area contributed by atoms with Crippen molar-refractivity contribution < 1.29 is 17.5 Å². The summed E-state index contributed by atoms with van der Waals surface area (Å²) in [6.07, 6.45) is 5.33. The maximum absolute atomic E-state index is 13.5. The Hall–Kier alpha value is -3.22. The lowest BCUT2D eigenvalue weighted by atomic mass is 9.87. The van der Waals surface area contributed by atoms with E-state index in [1.54, 1.807) is 42.6 Å². The molecular weight excluding hydrogens is 425 g/mol. The molecule has 3 aromatic carbocycles. The molecule has 4 aromatic rings. The molecule has 0 fully saturated rings. The van der Waals surface area contributed by atoms with Crippen molar-refractivity contribution in [3.8, 4) is 0 Å². The summed E-state index contributed by atoms with van der Waals surface area (Å²) in [7, 11) is -3.79. The van der Waals surface area contributed by atoms with Gasteiger partial charge < -0.3 is 4.74 Å². The first-order valence-electron chi connectivity index (χ1n) is 10.4. The maximum atomic E-state index is 13.5. The van der Waals surface area contributed by atoms with Crippen LogP contribution in [0.15, 0.2) is 96.0 Å². The van der Waals surface area contributed by atoms with Gasteiger partial charge in [0.05, 0.1) is 23.1 Å². The highest BCUT2D eigenvalue weighted by Crippen LogP contribution is 2.41. The Bertz CT molecular complexity index is 1400. The predicted molar refractivity (Wildman–Crippen MR) is 123 cm³/mol. The molecule has 162 valence electrons. The summed E-state index contributed by atoms with van der Waals surface area (Å²) >= 11 is 0. The van der Waals surface area contributed by atoms with Gasteiger partial charge in [0.2, 0.25) is 0 Å². The third-order valence-electron chi connectivity index (χ3n) is 5.89. The summed E-state index contributed by atoms with van der Waals surface area (Å²) in [5.41, 5.74) is 3.30. The van der Waals surface area contributed by atoms with Crippen LogP contribution in [0, 0.1) is 12.7 Å². The van der Waals surface area contributed by atoms with Crippen molar-refractivity contribution in [2.24, 2.45) is 0 Å². The molecule has 0 amide bonds. The zero-order chi connectivity index (χ0) is 22.3. The van der Waals surface area contributed by atoms with E-state index in [9.17, 15) is 12.8 Å². The summed E-state index contributed by atoms with van der Waals surface area (Å²) in [5.74, 6) is -0.522. The molecule has 0 aliphatic carbocycles. The Morgan fingerprint density at radius 1 is 0.969 bits per heavy atom. The largest absolute Gasteiger partial charge is 0.369 e. The summed E-state index contributed by atoms with van der Waals surface area (Å²) in [5, 5.41) is 0.843. The average molecular weight is 448 g/mol. The Labute approximate surface area is 186 Å². The fraction of sp³-hybridized carbons (Fsp3) is 0.154. The molecule has 2 heterocycles. The number of hydrogen-bond acceptors (Lipinski definition) is 3. The molecular formula is C26H22FNO3S. The maximum Gasteiger partial charge on any atom is 0.268 e. The van der Waals surface area contributed by atoms with Gasteiger partial charge in [-0.3, -0.25) is 0 Å². The zero-order valence-electron chi connectivity index (χ0n) is 17.5. The highest BCUT2D eigenvalue weighted by Gasteiger charge is 2.30. The molecule has 0 radical (unpaired) electrons. The van der Waals surface area contributed by atoms with Crippen LogP contribution in [0.2, 0.25) is 0 Å². The average Bonchev–Trinajstić information content (AvgIpc) is 3.20. The van der Waals surface area contributed by atoms with Crippen molar-refractivity contribution in [1.82, 2.24) is 3.97 Å². The van der Waals surface area contributed by atoms with Gasteiger partial charge in [0.1, 0.15) is 5.82 Å². The number of hydrogen-bond donors (Lipinski definition) is 0. The Balaban J connectivity index is 1.67. The van der Waals surface area contributed by atoms with E-state index in [0.717, 1.165) is 22.1 Å². The van der Waals surface area contributed by atoms with E-state index in [4.69, 9.17) is 4.74 Å². The number of halogens is 1. The fourth-order valence-corrected chi connectivity index (χ4v) is 5.63. The molecule has 0 saturated heterocycles. The van der Waals surface area contributed by atoms with Crippen LogP contribution in [0.1, 0.15) is 28.7 Å². The molecule has 5 rings (SSSR count). The molecule has 1 aromatic heterocycles.